The third kappa shape index (κ3) is 3.90. The summed E-state index contributed by atoms with van der Waals surface area (Å²) in [5, 5.41) is 6.37. The average molecular weight is 387 g/mol. The molecule has 1 N–H and O–H groups in total. The largest absolute Gasteiger partial charge is 0.467 e. The summed E-state index contributed by atoms with van der Waals surface area (Å²) in [6, 6.07) is 0. The van der Waals surface area contributed by atoms with Crippen molar-refractivity contribution in [3.05, 3.63) is 11.5 Å². The molecular formula is C16H25N3O6S. The Bertz CT molecular complexity index is 771. The van der Waals surface area contributed by atoms with Gasteiger partial charge in [0, 0.05) is 19.0 Å². The first-order chi connectivity index (χ1) is 12.0. The highest BCUT2D eigenvalue weighted by molar-refractivity contribution is 7.89. The second-order valence-corrected chi connectivity index (χ2v) is 8.81. The van der Waals surface area contributed by atoms with E-state index in [-0.39, 0.29) is 35.6 Å². The summed E-state index contributed by atoms with van der Waals surface area (Å²) in [6.07, 6.45) is 0.734. The molecule has 0 aromatic carbocycles. The van der Waals surface area contributed by atoms with Gasteiger partial charge >= 0.3 is 5.97 Å². The summed E-state index contributed by atoms with van der Waals surface area (Å²) in [5.41, 5.74) is -0.812. The van der Waals surface area contributed by atoms with Crippen molar-refractivity contribution in [3.8, 4) is 0 Å². The van der Waals surface area contributed by atoms with Crippen molar-refractivity contribution < 1.29 is 27.3 Å². The highest BCUT2D eigenvalue weighted by Gasteiger charge is 2.38. The highest BCUT2D eigenvalue weighted by Crippen LogP contribution is 2.28. The molecule has 146 valence electrons. The average Bonchev–Trinajstić information content (AvgIpc) is 2.93. The van der Waals surface area contributed by atoms with Crippen molar-refractivity contribution in [3.63, 3.8) is 0 Å². The summed E-state index contributed by atoms with van der Waals surface area (Å²) in [6.45, 7) is 6.69. The van der Waals surface area contributed by atoms with Crippen LogP contribution in [-0.2, 0) is 24.3 Å². The molecule has 1 fully saturated rings. The van der Waals surface area contributed by atoms with Crippen LogP contribution in [0.15, 0.2) is 9.42 Å². The van der Waals surface area contributed by atoms with Gasteiger partial charge in [0.25, 0.3) is 0 Å². The Morgan fingerprint density at radius 3 is 2.31 bits per heavy atom. The summed E-state index contributed by atoms with van der Waals surface area (Å²) in [5.74, 6) is -0.934. The maximum atomic E-state index is 12.8. The number of rotatable bonds is 5. The number of nitrogens with zero attached hydrogens (tertiary/aromatic N) is 2. The lowest BCUT2D eigenvalue weighted by atomic mass is 9.95. The lowest BCUT2D eigenvalue weighted by Gasteiger charge is -2.32. The molecule has 1 saturated heterocycles. The lowest BCUT2D eigenvalue weighted by molar-refractivity contribution is -0.150. The number of methoxy groups -OCH3 is 1. The van der Waals surface area contributed by atoms with E-state index < -0.39 is 21.5 Å². The van der Waals surface area contributed by atoms with Crippen LogP contribution in [0.3, 0.4) is 0 Å². The number of ether oxygens (including phenoxy) is 1. The van der Waals surface area contributed by atoms with Crippen LogP contribution in [0.1, 0.15) is 38.1 Å². The third-order valence-electron chi connectivity index (χ3n) is 4.52. The number of aryl methyl sites for hydroxylation is 2. The monoisotopic (exact) mass is 387 g/mol. The zero-order valence-corrected chi connectivity index (χ0v) is 16.5. The number of amides is 1. The number of sulfonamides is 1. The number of carbonyl (C=O) groups excluding carboxylic acids is 2. The Balaban J connectivity index is 2.03. The van der Waals surface area contributed by atoms with Gasteiger partial charge in [-0.3, -0.25) is 4.79 Å². The van der Waals surface area contributed by atoms with E-state index in [0.29, 0.717) is 18.5 Å². The quantitative estimate of drug-likeness (QED) is 0.741. The number of nitrogens with one attached hydrogen (secondary N) is 1. The van der Waals surface area contributed by atoms with Crippen molar-refractivity contribution in [2.45, 2.75) is 51.0 Å². The zero-order valence-electron chi connectivity index (χ0n) is 15.7. The SMILES string of the molecule is COC(=O)C(C)(C)NC(=O)C1CCN(S(=O)(=O)c2c(C)noc2C)CC1. The van der Waals surface area contributed by atoms with E-state index >= 15 is 0 Å². The van der Waals surface area contributed by atoms with Crippen LogP contribution in [-0.4, -0.2) is 55.5 Å². The smallest absolute Gasteiger partial charge is 0.330 e. The van der Waals surface area contributed by atoms with Gasteiger partial charge in [0.2, 0.25) is 15.9 Å². The first-order valence-electron chi connectivity index (χ1n) is 8.34. The molecule has 1 aromatic heterocycles. The van der Waals surface area contributed by atoms with Crippen LogP contribution in [0.5, 0.6) is 0 Å². The third-order valence-corrected chi connectivity index (χ3v) is 6.67. The predicted molar refractivity (Wildman–Crippen MR) is 91.7 cm³/mol. The van der Waals surface area contributed by atoms with Crippen molar-refractivity contribution >= 4 is 21.9 Å². The maximum absolute atomic E-state index is 12.8. The van der Waals surface area contributed by atoms with Crippen LogP contribution in [0.25, 0.3) is 0 Å². The normalized spacial score (nSPS) is 17.1. The summed E-state index contributed by atoms with van der Waals surface area (Å²) in [7, 11) is -2.45. The van der Waals surface area contributed by atoms with Gasteiger partial charge in [0.15, 0.2) is 5.76 Å². The lowest BCUT2D eigenvalue weighted by Crippen LogP contribution is -2.53. The summed E-state index contributed by atoms with van der Waals surface area (Å²) in [4.78, 5) is 24.2. The van der Waals surface area contributed by atoms with Crippen molar-refractivity contribution in [2.75, 3.05) is 20.2 Å². The minimum absolute atomic E-state index is 0.0900. The number of piperidine rings is 1. The summed E-state index contributed by atoms with van der Waals surface area (Å²) < 4.78 is 36.5. The number of esters is 1. The van der Waals surface area contributed by atoms with Crippen molar-refractivity contribution in [1.82, 2.24) is 14.8 Å². The topological polar surface area (TPSA) is 119 Å². The predicted octanol–water partition coefficient (Wildman–Crippen LogP) is 0.760. The molecule has 0 saturated carbocycles. The fourth-order valence-corrected chi connectivity index (χ4v) is 4.81. The molecule has 1 amide bonds. The first-order valence-corrected chi connectivity index (χ1v) is 9.78. The van der Waals surface area contributed by atoms with Gasteiger partial charge in [-0.25, -0.2) is 13.2 Å². The molecule has 0 bridgehead atoms. The molecule has 26 heavy (non-hydrogen) atoms. The Morgan fingerprint density at radius 1 is 1.27 bits per heavy atom. The van der Waals surface area contributed by atoms with Gasteiger partial charge in [-0.05, 0) is 40.5 Å². The highest BCUT2D eigenvalue weighted by atomic mass is 32.2. The molecule has 2 rings (SSSR count). The van der Waals surface area contributed by atoms with E-state index in [2.05, 4.69) is 15.2 Å². The molecular weight excluding hydrogens is 362 g/mol. The van der Waals surface area contributed by atoms with E-state index in [4.69, 9.17) is 4.52 Å². The van der Waals surface area contributed by atoms with E-state index in [1.807, 2.05) is 0 Å². The van der Waals surface area contributed by atoms with E-state index in [9.17, 15) is 18.0 Å². The number of hydrogen-bond donors (Lipinski definition) is 1. The van der Waals surface area contributed by atoms with Gasteiger partial charge in [-0.15, -0.1) is 0 Å². The fourth-order valence-electron chi connectivity index (χ4n) is 3.05. The van der Waals surface area contributed by atoms with Gasteiger partial charge < -0.3 is 14.6 Å². The standard InChI is InChI=1S/C16H25N3O6S/c1-10-13(11(2)25-18-10)26(22,23)19-8-6-12(7-9-19)14(20)17-16(3,4)15(21)24-5/h12H,6-9H2,1-5H3,(H,17,20). The van der Waals surface area contributed by atoms with Crippen molar-refractivity contribution in [2.24, 2.45) is 5.92 Å². The van der Waals surface area contributed by atoms with Gasteiger partial charge in [0.1, 0.15) is 16.1 Å². The molecule has 2 heterocycles. The second-order valence-electron chi connectivity index (χ2n) is 6.94. The fraction of sp³-hybridized carbons (Fsp3) is 0.688. The van der Waals surface area contributed by atoms with Crippen molar-refractivity contribution in [1.29, 1.82) is 0 Å². The molecule has 10 heteroatoms. The van der Waals surface area contributed by atoms with Crippen LogP contribution in [0, 0.1) is 19.8 Å². The molecule has 9 nitrogen and oxygen atoms in total. The molecule has 1 aliphatic heterocycles. The molecule has 1 aromatic rings. The van der Waals surface area contributed by atoms with Crippen LogP contribution in [0.2, 0.25) is 0 Å². The number of carbonyl (C=O) groups is 2. The van der Waals surface area contributed by atoms with Gasteiger partial charge in [0.05, 0.1) is 7.11 Å². The van der Waals surface area contributed by atoms with E-state index in [1.54, 1.807) is 27.7 Å². The first kappa shape index (κ1) is 20.4. The molecule has 0 atom stereocenters. The van der Waals surface area contributed by atoms with Crippen LogP contribution in [0.4, 0.5) is 0 Å². The van der Waals surface area contributed by atoms with Gasteiger partial charge in [-0.2, -0.15) is 4.31 Å². The number of hydrogen-bond acceptors (Lipinski definition) is 7. The molecule has 0 radical (unpaired) electrons. The Labute approximate surface area is 153 Å². The number of aromatic nitrogens is 1. The minimum atomic E-state index is -3.71. The Kier molecular flexibility index (Phi) is 5.76. The Morgan fingerprint density at radius 2 is 1.85 bits per heavy atom. The minimum Gasteiger partial charge on any atom is -0.467 e. The molecule has 1 aliphatic rings. The van der Waals surface area contributed by atoms with Crippen LogP contribution < -0.4 is 5.32 Å². The van der Waals surface area contributed by atoms with Crippen LogP contribution >= 0.6 is 0 Å². The molecule has 0 aliphatic carbocycles. The Hall–Kier alpha value is -1.94. The summed E-state index contributed by atoms with van der Waals surface area (Å²) >= 11 is 0. The van der Waals surface area contributed by atoms with E-state index in [0.717, 1.165) is 0 Å². The van der Waals surface area contributed by atoms with E-state index in [1.165, 1.54) is 11.4 Å². The van der Waals surface area contributed by atoms with Gasteiger partial charge in [-0.1, -0.05) is 5.16 Å². The molecule has 0 spiro atoms. The zero-order chi connectivity index (χ0) is 19.7. The maximum Gasteiger partial charge on any atom is 0.330 e. The molecule has 0 unspecified atom stereocenters. The second kappa shape index (κ2) is 7.36.